The van der Waals surface area contributed by atoms with E-state index >= 15 is 0 Å². The summed E-state index contributed by atoms with van der Waals surface area (Å²) in [5, 5.41) is 16.3. The summed E-state index contributed by atoms with van der Waals surface area (Å²) in [6.45, 7) is -0.503. The lowest BCUT2D eigenvalue weighted by Crippen LogP contribution is -2.40. The highest BCUT2D eigenvalue weighted by Gasteiger charge is 2.23. The number of nitrogens with zero attached hydrogens (tertiary/aromatic N) is 4. The Kier molecular flexibility index (Phi) is 4.65. The second kappa shape index (κ2) is 6.90. The van der Waals surface area contributed by atoms with Crippen LogP contribution >= 0.6 is 0 Å². The Morgan fingerprint density at radius 2 is 1.96 bits per heavy atom. The van der Waals surface area contributed by atoms with Crippen molar-refractivity contribution in [3.8, 4) is 17.1 Å². The molecule has 0 bridgehead atoms. The van der Waals surface area contributed by atoms with Gasteiger partial charge in [0.2, 0.25) is 0 Å². The summed E-state index contributed by atoms with van der Waals surface area (Å²) in [4.78, 5) is 11.5. The van der Waals surface area contributed by atoms with Crippen LogP contribution in [0.5, 0.6) is 5.75 Å². The molecule has 134 valence electrons. The number of para-hydroxylation sites is 1. The van der Waals surface area contributed by atoms with E-state index in [1.165, 1.54) is 34.0 Å². The molecule has 0 amide bonds. The van der Waals surface area contributed by atoms with Crippen LogP contribution in [0.25, 0.3) is 11.4 Å². The van der Waals surface area contributed by atoms with Gasteiger partial charge in [-0.3, -0.25) is 4.55 Å². The van der Waals surface area contributed by atoms with Crippen molar-refractivity contribution in [2.24, 2.45) is 0 Å². The van der Waals surface area contributed by atoms with Crippen LogP contribution < -0.4 is 9.42 Å². The van der Waals surface area contributed by atoms with Crippen molar-refractivity contribution in [2.45, 2.75) is 4.90 Å². The molecule has 11 heteroatoms. The number of benzene rings is 2. The number of carboxylic acids is 1. The summed E-state index contributed by atoms with van der Waals surface area (Å²) < 4.78 is 39.2. The summed E-state index contributed by atoms with van der Waals surface area (Å²) in [6, 6.07) is 12.2. The van der Waals surface area contributed by atoms with Crippen LogP contribution in [0.15, 0.2) is 59.8 Å². The van der Waals surface area contributed by atoms with E-state index < -0.39 is 22.7 Å². The lowest BCUT2D eigenvalue weighted by Gasteiger charge is -2.07. The van der Waals surface area contributed by atoms with E-state index in [-0.39, 0.29) is 10.6 Å². The Bertz CT molecular complexity index is 1060. The number of aliphatic carboxylic acids is 1. The molecule has 0 unspecified atom stereocenters. The van der Waals surface area contributed by atoms with Crippen molar-refractivity contribution in [2.75, 3.05) is 6.61 Å². The van der Waals surface area contributed by atoms with Crippen molar-refractivity contribution in [1.29, 1.82) is 0 Å². The van der Waals surface area contributed by atoms with E-state index in [0.717, 1.165) is 0 Å². The van der Waals surface area contributed by atoms with Gasteiger partial charge in [0.25, 0.3) is 16.4 Å². The second-order valence-corrected chi connectivity index (χ2v) is 6.47. The molecule has 2 aromatic carbocycles. The first-order chi connectivity index (χ1) is 12.4. The van der Waals surface area contributed by atoms with Crippen LogP contribution in [0, 0.1) is 0 Å². The molecule has 1 aromatic heterocycles. The Balaban J connectivity index is 2.06. The van der Waals surface area contributed by atoms with E-state index in [0.29, 0.717) is 11.4 Å². The zero-order chi connectivity index (χ0) is 18.7. The summed E-state index contributed by atoms with van der Waals surface area (Å²) in [7, 11) is -4.48. The quantitative estimate of drug-likeness (QED) is 0.461. The average Bonchev–Trinajstić information content (AvgIpc) is 3.09. The number of carboxylic acid groups (broad SMARTS) is 1. The van der Waals surface area contributed by atoms with Crippen LogP contribution in [0.2, 0.25) is 0 Å². The smallest absolute Gasteiger partial charge is 0.341 e. The molecule has 2 N–H and O–H groups in total. The van der Waals surface area contributed by atoms with E-state index in [9.17, 15) is 17.8 Å². The van der Waals surface area contributed by atoms with Crippen LogP contribution in [-0.2, 0) is 14.9 Å². The van der Waals surface area contributed by atoms with Gasteiger partial charge < -0.3 is 9.84 Å². The largest absolute Gasteiger partial charge is 0.482 e. The fraction of sp³-hybridized carbons (Fsp3) is 0.0667. The molecule has 0 aliphatic heterocycles. The van der Waals surface area contributed by atoms with Gasteiger partial charge in [0.15, 0.2) is 11.8 Å². The molecule has 0 saturated carbocycles. The van der Waals surface area contributed by atoms with Gasteiger partial charge in [0.1, 0.15) is 27.1 Å². The Hall–Kier alpha value is -3.31. The maximum absolute atomic E-state index is 11.6. The first-order valence-corrected chi connectivity index (χ1v) is 8.65. The van der Waals surface area contributed by atoms with E-state index in [2.05, 4.69) is 10.3 Å². The number of carbonyl (C=O) groups is 1. The third-order valence-corrected chi connectivity index (χ3v) is 4.21. The first kappa shape index (κ1) is 17.5. The van der Waals surface area contributed by atoms with Gasteiger partial charge in [0.05, 0.1) is 0 Å². The number of rotatable bonds is 6. The molecule has 3 rings (SSSR count). The van der Waals surface area contributed by atoms with E-state index in [4.69, 9.17) is 9.84 Å². The molecule has 10 nitrogen and oxygen atoms in total. The number of hydrogen-bond acceptors (Lipinski definition) is 6. The van der Waals surface area contributed by atoms with Gasteiger partial charge in [-0.25, -0.2) is 4.79 Å². The summed E-state index contributed by atoms with van der Waals surface area (Å²) in [5.74, 6) is -0.815. The maximum atomic E-state index is 11.6. The van der Waals surface area contributed by atoms with Crippen molar-refractivity contribution in [3.05, 3.63) is 54.9 Å². The van der Waals surface area contributed by atoms with Crippen LogP contribution in [0.1, 0.15) is 0 Å². The number of ether oxygens (including phenoxy) is 1. The molecule has 26 heavy (non-hydrogen) atoms. The highest BCUT2D eigenvalue weighted by atomic mass is 32.2. The Morgan fingerprint density at radius 1 is 1.19 bits per heavy atom. The highest BCUT2D eigenvalue weighted by Crippen LogP contribution is 2.18. The third-order valence-electron chi connectivity index (χ3n) is 3.30. The van der Waals surface area contributed by atoms with Gasteiger partial charge in [-0.15, -0.1) is 4.68 Å². The van der Waals surface area contributed by atoms with Crippen molar-refractivity contribution in [1.82, 2.24) is 15.1 Å². The SMILES string of the molecule is O=C(O)COc1cccc(-[n+]2cnnn2-c2ccccc2S(=O)(=O)O)c1. The average molecular weight is 377 g/mol. The van der Waals surface area contributed by atoms with Gasteiger partial charge in [0, 0.05) is 6.07 Å². The van der Waals surface area contributed by atoms with E-state index in [1.54, 1.807) is 30.3 Å². The zero-order valence-electron chi connectivity index (χ0n) is 13.1. The minimum Gasteiger partial charge on any atom is -0.482 e. The van der Waals surface area contributed by atoms with Crippen LogP contribution in [0.4, 0.5) is 0 Å². The minimum absolute atomic E-state index is 0.0874. The van der Waals surface area contributed by atoms with Crippen LogP contribution in [0.3, 0.4) is 0 Å². The molecule has 0 aliphatic carbocycles. The molecule has 0 fully saturated rings. The fourth-order valence-electron chi connectivity index (χ4n) is 2.25. The molecular weight excluding hydrogens is 364 g/mol. The Labute approximate surface area is 147 Å². The summed E-state index contributed by atoms with van der Waals surface area (Å²) >= 11 is 0. The van der Waals surface area contributed by atoms with Gasteiger partial charge in [-0.1, -0.05) is 18.2 Å². The zero-order valence-corrected chi connectivity index (χ0v) is 13.9. The molecule has 0 aliphatic rings. The monoisotopic (exact) mass is 377 g/mol. The van der Waals surface area contributed by atoms with E-state index in [1.807, 2.05) is 0 Å². The lowest BCUT2D eigenvalue weighted by atomic mass is 10.3. The normalized spacial score (nSPS) is 11.3. The predicted octanol–water partition coefficient (Wildman–Crippen LogP) is 0.254. The Morgan fingerprint density at radius 3 is 2.69 bits per heavy atom. The number of aromatic nitrogens is 4. The summed E-state index contributed by atoms with van der Waals surface area (Å²) in [5.41, 5.74) is 0.576. The number of hydrogen-bond donors (Lipinski definition) is 2. The molecule has 0 radical (unpaired) electrons. The van der Waals surface area contributed by atoms with Crippen molar-refractivity contribution >= 4 is 16.1 Å². The topological polar surface area (TPSA) is 135 Å². The summed E-state index contributed by atoms with van der Waals surface area (Å²) in [6.07, 6.45) is 1.33. The maximum Gasteiger partial charge on any atom is 0.341 e. The standard InChI is InChI=1S/C15H12N4O6S/c20-15(21)9-25-12-5-3-4-11(8-12)18-10-16-17-19(18)13-6-1-2-7-14(13)26(22,23)24/h1-8,10H,9H2,(H-,20,21,22,23,24)/p+1. The molecule has 0 atom stereocenters. The third kappa shape index (κ3) is 3.68. The highest BCUT2D eigenvalue weighted by molar-refractivity contribution is 7.86. The molecule has 1 heterocycles. The van der Waals surface area contributed by atoms with Gasteiger partial charge >= 0.3 is 5.97 Å². The number of tetrazole rings is 1. The van der Waals surface area contributed by atoms with Crippen molar-refractivity contribution < 1.29 is 32.3 Å². The lowest BCUT2D eigenvalue weighted by molar-refractivity contribution is -0.680. The molecule has 0 saturated heterocycles. The first-order valence-electron chi connectivity index (χ1n) is 7.21. The van der Waals surface area contributed by atoms with Crippen LogP contribution in [-0.4, -0.2) is 45.8 Å². The fourth-order valence-corrected chi connectivity index (χ4v) is 2.92. The van der Waals surface area contributed by atoms with Gasteiger partial charge in [-0.05, 0) is 29.1 Å². The predicted molar refractivity (Wildman–Crippen MR) is 85.8 cm³/mol. The van der Waals surface area contributed by atoms with Crippen molar-refractivity contribution in [3.63, 3.8) is 0 Å². The minimum atomic E-state index is -4.48. The molecule has 3 aromatic rings. The molecular formula is C15H13N4O6S+. The van der Waals surface area contributed by atoms with Gasteiger partial charge in [-0.2, -0.15) is 8.42 Å². The molecule has 0 spiro atoms. The second-order valence-electron chi connectivity index (χ2n) is 5.08.